The summed E-state index contributed by atoms with van der Waals surface area (Å²) in [6, 6.07) is 23.4. The molecular weight excluding hydrogens is 570 g/mol. The van der Waals surface area contributed by atoms with E-state index in [4.69, 9.17) is 13.3 Å². The molecule has 8 aliphatic rings. The van der Waals surface area contributed by atoms with Gasteiger partial charge in [-0.05, 0) is 83.5 Å². The minimum absolute atomic E-state index is 0.238. The first-order valence-electron chi connectivity index (χ1n) is 17.1. The SMILES string of the molecule is [CH][P+]1(C)C2=C([C@H]([C@H]3C4=C(C[C@H]5C[C@@H]4C5(C)C)[P+]([CH])(C)N3[C@H](C)c3ccccc3)N1[C@H](C)c1ccccc1)[C@@H]1C[C@H](C2)C1(C)C. The third-order valence-corrected chi connectivity index (χ3v) is 20.3. The van der Waals surface area contributed by atoms with Crippen molar-refractivity contribution in [2.24, 2.45) is 34.5 Å². The van der Waals surface area contributed by atoms with Gasteiger partial charge in [0.1, 0.15) is 14.8 Å². The standard InChI is InChI=1S/C40H52N2P2/c1-25(27-17-13-11-14-18-27)41-37(35-31-21-29(39(31,3)4)23-33(35)43(41,7)8)38-36-32-22-30(40(32,5)6)24-34(36)44(9,10)42(38)26(2)28-19-15-12-16-20-28/h7,9,11-20,25-26,29-32,37-38H,21-24H2,1-6,8,10H3/q+2/t25-,26-,29-,30-,31+,32+,37-,38-,43?,44?/m1/s1. The lowest BCUT2D eigenvalue weighted by molar-refractivity contribution is -0.0255. The quantitative estimate of drug-likeness (QED) is 0.306. The van der Waals surface area contributed by atoms with Gasteiger partial charge in [0.05, 0.1) is 48.1 Å². The summed E-state index contributed by atoms with van der Waals surface area (Å²) in [7, 11) is -4.10. The molecule has 2 aromatic rings. The molecule has 44 heavy (non-hydrogen) atoms. The van der Waals surface area contributed by atoms with Gasteiger partial charge in [0, 0.05) is 12.8 Å². The molecule has 0 saturated heterocycles. The summed E-state index contributed by atoms with van der Waals surface area (Å²) in [6.45, 7) is 35.6. The summed E-state index contributed by atoms with van der Waals surface area (Å²) in [4.78, 5) is 0. The van der Waals surface area contributed by atoms with E-state index in [0.717, 1.165) is 11.8 Å². The molecule has 2 aliphatic heterocycles. The fourth-order valence-electron chi connectivity index (χ4n) is 11.2. The van der Waals surface area contributed by atoms with Crippen LogP contribution in [0.2, 0.25) is 0 Å². The molecule has 4 bridgehead atoms. The van der Waals surface area contributed by atoms with Crippen LogP contribution < -0.4 is 0 Å². The Bertz CT molecular complexity index is 1430. The Labute approximate surface area is 269 Å². The molecule has 2 heterocycles. The van der Waals surface area contributed by atoms with Gasteiger partial charge in [0.25, 0.3) is 0 Å². The van der Waals surface area contributed by atoms with Crippen molar-refractivity contribution >= 4 is 14.8 Å². The molecule has 2 saturated carbocycles. The van der Waals surface area contributed by atoms with E-state index in [-0.39, 0.29) is 24.2 Å². The summed E-state index contributed by atoms with van der Waals surface area (Å²) in [6.07, 6.45) is 5.03. The number of rotatable bonds is 5. The molecule has 10 atom stereocenters. The number of hydrogen-bond acceptors (Lipinski definition) is 2. The molecule has 0 aromatic heterocycles. The highest BCUT2D eigenvalue weighted by atomic mass is 31.2. The maximum Gasteiger partial charge on any atom is 0.174 e. The molecule has 0 spiro atoms. The van der Waals surface area contributed by atoms with E-state index in [2.05, 4.69) is 125 Å². The van der Waals surface area contributed by atoms with Crippen molar-refractivity contribution in [2.45, 2.75) is 91.4 Å². The van der Waals surface area contributed by atoms with Gasteiger partial charge in [0.2, 0.25) is 0 Å². The zero-order valence-corrected chi connectivity index (χ0v) is 30.0. The van der Waals surface area contributed by atoms with Crippen LogP contribution >= 0.6 is 14.8 Å². The first-order valence-corrected chi connectivity index (χ1v) is 21.7. The van der Waals surface area contributed by atoms with E-state index in [9.17, 15) is 0 Å². The predicted octanol–water partition coefficient (Wildman–Crippen LogP) is 11.0. The average Bonchev–Trinajstić information content (AvgIpc) is 3.39. The van der Waals surface area contributed by atoms with Crippen LogP contribution in [0.3, 0.4) is 0 Å². The lowest BCUT2D eigenvalue weighted by Gasteiger charge is -2.58. The minimum atomic E-state index is -2.05. The Hall–Kier alpha value is -1.30. The fourth-order valence-corrected chi connectivity index (χ4v) is 17.8. The predicted molar refractivity (Wildman–Crippen MR) is 189 cm³/mol. The van der Waals surface area contributed by atoms with Crippen molar-refractivity contribution in [2.75, 3.05) is 13.3 Å². The monoisotopic (exact) mass is 622 g/mol. The third kappa shape index (κ3) is 3.76. The van der Waals surface area contributed by atoms with E-state index in [1.54, 1.807) is 21.8 Å². The average molecular weight is 623 g/mol. The van der Waals surface area contributed by atoms with Crippen molar-refractivity contribution in [3.8, 4) is 0 Å². The summed E-state index contributed by atoms with van der Waals surface area (Å²) < 4.78 is 5.79. The van der Waals surface area contributed by atoms with E-state index in [1.807, 2.05) is 0 Å². The first kappa shape index (κ1) is 30.1. The van der Waals surface area contributed by atoms with Crippen molar-refractivity contribution in [1.29, 1.82) is 0 Å². The maximum atomic E-state index is 7.83. The number of nitrogens with zero attached hydrogens (tertiary/aromatic N) is 2. The number of hydrogen-bond donors (Lipinski definition) is 0. The van der Waals surface area contributed by atoms with Gasteiger partial charge in [-0.1, -0.05) is 88.4 Å². The second kappa shape index (κ2) is 9.63. The minimum Gasteiger partial charge on any atom is -0.159 e. The van der Waals surface area contributed by atoms with Gasteiger partial charge in [-0.2, -0.15) is 9.34 Å². The second-order valence-corrected chi connectivity index (χ2v) is 22.8. The van der Waals surface area contributed by atoms with Crippen LogP contribution in [-0.4, -0.2) is 34.8 Å². The fraction of sp³-hybridized carbons (Fsp3) is 0.550. The first-order chi connectivity index (χ1) is 20.7. The Morgan fingerprint density at radius 3 is 1.30 bits per heavy atom. The van der Waals surface area contributed by atoms with Crippen LogP contribution in [0.5, 0.6) is 0 Å². The van der Waals surface area contributed by atoms with E-state index in [0.29, 0.717) is 22.7 Å². The van der Waals surface area contributed by atoms with E-state index < -0.39 is 14.8 Å². The Morgan fingerprint density at radius 2 is 0.977 bits per heavy atom. The highest BCUT2D eigenvalue weighted by molar-refractivity contribution is 7.79. The number of allylic oxidation sites excluding steroid dienone is 2. The third-order valence-electron chi connectivity index (χ3n) is 14.2. The molecule has 0 amide bonds. The van der Waals surface area contributed by atoms with Gasteiger partial charge < -0.3 is 0 Å². The highest BCUT2D eigenvalue weighted by Gasteiger charge is 2.73. The molecule has 2 nitrogen and oxygen atoms in total. The summed E-state index contributed by atoms with van der Waals surface area (Å²) in [5.41, 5.74) is 6.91. The van der Waals surface area contributed by atoms with Crippen LogP contribution in [0.25, 0.3) is 0 Å². The lowest BCUT2D eigenvalue weighted by atomic mass is 9.46. The Balaban J connectivity index is 1.37. The van der Waals surface area contributed by atoms with Crippen molar-refractivity contribution in [3.63, 3.8) is 0 Å². The van der Waals surface area contributed by atoms with E-state index >= 15 is 0 Å². The molecule has 6 aliphatic carbocycles. The normalized spacial score (nSPS) is 37.1. The van der Waals surface area contributed by atoms with Gasteiger partial charge in [-0.25, -0.2) is 0 Å². The van der Waals surface area contributed by atoms with Crippen LogP contribution in [0.15, 0.2) is 82.4 Å². The van der Waals surface area contributed by atoms with Gasteiger partial charge >= 0.3 is 0 Å². The van der Waals surface area contributed by atoms with E-state index in [1.165, 1.54) is 36.8 Å². The van der Waals surface area contributed by atoms with Crippen molar-refractivity contribution < 1.29 is 0 Å². The maximum absolute atomic E-state index is 7.83. The molecule has 0 N–H and O–H groups in total. The van der Waals surface area contributed by atoms with Crippen LogP contribution in [-0.2, 0) is 0 Å². The van der Waals surface area contributed by atoms with Crippen molar-refractivity contribution in [1.82, 2.24) is 9.34 Å². The molecule has 2 unspecified atom stereocenters. The molecule has 4 heteroatoms. The topological polar surface area (TPSA) is 6.48 Å². The highest BCUT2D eigenvalue weighted by Crippen LogP contribution is 2.85. The van der Waals surface area contributed by atoms with Gasteiger partial charge in [-0.15, -0.1) is 0 Å². The number of benzene rings is 2. The van der Waals surface area contributed by atoms with Crippen LogP contribution in [0.1, 0.15) is 90.4 Å². The Morgan fingerprint density at radius 1 is 0.636 bits per heavy atom. The summed E-state index contributed by atoms with van der Waals surface area (Å²) >= 11 is 0. The van der Waals surface area contributed by atoms with Gasteiger partial charge in [-0.3, -0.25) is 0 Å². The van der Waals surface area contributed by atoms with Crippen LogP contribution in [0, 0.1) is 47.8 Å². The zero-order valence-electron chi connectivity index (χ0n) is 28.2. The molecule has 230 valence electrons. The van der Waals surface area contributed by atoms with Crippen LogP contribution in [0.4, 0.5) is 0 Å². The zero-order chi connectivity index (χ0) is 31.1. The molecule has 4 radical (unpaired) electrons. The molecule has 2 aromatic carbocycles. The summed E-state index contributed by atoms with van der Waals surface area (Å²) in [5, 5.41) is 3.32. The largest absolute Gasteiger partial charge is 0.174 e. The lowest BCUT2D eigenvalue weighted by Crippen LogP contribution is -2.57. The smallest absolute Gasteiger partial charge is 0.159 e. The summed E-state index contributed by atoms with van der Waals surface area (Å²) in [5.74, 6) is 2.74. The molecular formula is C40H52N2P2+2. The molecule has 10 rings (SSSR count). The Kier molecular flexibility index (Phi) is 6.58. The second-order valence-electron chi connectivity index (χ2n) is 16.7. The van der Waals surface area contributed by atoms with Gasteiger partial charge in [0.15, 0.2) is 13.3 Å². The molecule has 2 fully saturated rings. The van der Waals surface area contributed by atoms with Crippen molar-refractivity contribution in [3.05, 3.63) is 107 Å².